The van der Waals surface area contributed by atoms with E-state index < -0.39 is 0 Å². The summed E-state index contributed by atoms with van der Waals surface area (Å²) in [6.07, 6.45) is 0. The molecule has 87 valence electrons. The van der Waals surface area contributed by atoms with Gasteiger partial charge in [0, 0.05) is 0 Å². The van der Waals surface area contributed by atoms with Crippen molar-refractivity contribution in [2.24, 2.45) is 29.6 Å². The maximum absolute atomic E-state index is 2.44. The third-order valence-corrected chi connectivity index (χ3v) is 6.48. The zero-order valence-corrected chi connectivity index (χ0v) is 12.9. The average molecular weight is 251 g/mol. The van der Waals surface area contributed by atoms with Crippen LogP contribution in [-0.2, 0) is 20.4 Å². The first kappa shape index (κ1) is 12.6. The van der Waals surface area contributed by atoms with Crippen molar-refractivity contribution in [3.63, 3.8) is 0 Å². The van der Waals surface area contributed by atoms with Crippen LogP contribution in [0.4, 0.5) is 0 Å². The fourth-order valence-electron chi connectivity index (χ4n) is 3.63. The molecule has 0 aromatic heterocycles. The van der Waals surface area contributed by atoms with E-state index in [4.69, 9.17) is 0 Å². The second kappa shape index (κ2) is 4.14. The average Bonchev–Trinajstić information content (AvgIpc) is 2.48. The van der Waals surface area contributed by atoms with E-state index in [1.165, 1.54) is 0 Å². The molecule has 5 unspecified atom stereocenters. The fraction of sp³-hybridized carbons (Fsp3) is 0.733. The molecule has 0 aliphatic heterocycles. The Hall–Kier alpha value is 0.194. The third kappa shape index (κ3) is 1.53. The zero-order chi connectivity index (χ0) is 12.2. The van der Waals surface area contributed by atoms with Gasteiger partial charge in [-0.2, -0.15) is 0 Å². The molecule has 2 aliphatic carbocycles. The Bertz CT molecular complexity index is 375. The van der Waals surface area contributed by atoms with E-state index in [0.717, 1.165) is 23.7 Å². The van der Waals surface area contributed by atoms with Crippen LogP contribution in [0.3, 0.4) is 0 Å². The van der Waals surface area contributed by atoms with Gasteiger partial charge in [-0.15, -0.1) is 0 Å². The first-order valence-corrected chi connectivity index (χ1v) is 7.32. The summed E-state index contributed by atoms with van der Waals surface area (Å²) in [5, 5.41) is 0. The molecular formula is C15H23Ti. The van der Waals surface area contributed by atoms with Gasteiger partial charge in [0.15, 0.2) is 0 Å². The predicted molar refractivity (Wildman–Crippen MR) is 65.5 cm³/mol. The second-order valence-corrected chi connectivity index (χ2v) is 6.73. The van der Waals surface area contributed by atoms with E-state index in [2.05, 4.69) is 62.0 Å². The van der Waals surface area contributed by atoms with E-state index in [-0.39, 0.29) is 0 Å². The minimum atomic E-state index is 0.697. The Balaban J connectivity index is 2.54. The van der Waals surface area contributed by atoms with Crippen molar-refractivity contribution in [1.29, 1.82) is 0 Å². The van der Waals surface area contributed by atoms with Crippen LogP contribution in [0.5, 0.6) is 0 Å². The van der Waals surface area contributed by atoms with E-state index in [9.17, 15) is 0 Å². The van der Waals surface area contributed by atoms with Crippen molar-refractivity contribution in [3.8, 4) is 0 Å². The van der Waals surface area contributed by atoms with Crippen molar-refractivity contribution < 1.29 is 20.4 Å². The Labute approximate surface area is 112 Å². The molecule has 2 rings (SSSR count). The summed E-state index contributed by atoms with van der Waals surface area (Å²) in [6.45, 7) is 14.5. The number of hydrogen-bond donors (Lipinski definition) is 0. The van der Waals surface area contributed by atoms with Gasteiger partial charge in [-0.25, -0.2) is 0 Å². The van der Waals surface area contributed by atoms with Crippen LogP contribution in [0.25, 0.3) is 0 Å². The molecule has 16 heavy (non-hydrogen) atoms. The molecule has 1 heteroatoms. The van der Waals surface area contributed by atoms with Gasteiger partial charge in [-0.05, 0) is 0 Å². The van der Waals surface area contributed by atoms with Gasteiger partial charge in [0.25, 0.3) is 0 Å². The van der Waals surface area contributed by atoms with Crippen molar-refractivity contribution in [2.75, 3.05) is 0 Å². The summed E-state index contributed by atoms with van der Waals surface area (Å²) in [5.41, 5.74) is 5.08. The summed E-state index contributed by atoms with van der Waals surface area (Å²) in [7, 11) is 0. The van der Waals surface area contributed by atoms with Crippen LogP contribution in [0, 0.1) is 29.6 Å². The van der Waals surface area contributed by atoms with Crippen molar-refractivity contribution in [1.82, 2.24) is 0 Å². The SMILES string of the molecule is CC1=[C]([Ti])C2=C(C1C)C(C)C(C)C(C)C2C. The molecular weight excluding hydrogens is 228 g/mol. The maximum atomic E-state index is 2.44. The third-order valence-electron chi connectivity index (χ3n) is 5.44. The van der Waals surface area contributed by atoms with Crippen LogP contribution in [0.15, 0.2) is 20.6 Å². The monoisotopic (exact) mass is 251 g/mol. The second-order valence-electron chi connectivity index (χ2n) is 5.94. The summed E-state index contributed by atoms with van der Waals surface area (Å²) < 4.78 is 1.60. The molecule has 0 spiro atoms. The molecule has 0 amide bonds. The number of hydrogen-bond acceptors (Lipinski definition) is 0. The molecule has 0 saturated carbocycles. The molecule has 0 bridgehead atoms. The standard InChI is InChI=1S/C15H23.Ti/c1-8-7-14-12(5)10(3)11(4)13(6)15(14)9(8)2;/h9-13H,1-6H3;. The van der Waals surface area contributed by atoms with E-state index in [1.54, 1.807) is 20.6 Å². The molecule has 0 aromatic rings. The fourth-order valence-corrected chi connectivity index (χ4v) is 4.55. The Kier molecular flexibility index (Phi) is 3.27. The van der Waals surface area contributed by atoms with Crippen LogP contribution in [0.2, 0.25) is 0 Å². The molecule has 5 atom stereocenters. The predicted octanol–water partition coefficient (Wildman–Crippen LogP) is 4.31. The van der Waals surface area contributed by atoms with Gasteiger partial charge in [0.1, 0.15) is 0 Å². The molecule has 0 aromatic carbocycles. The van der Waals surface area contributed by atoms with E-state index in [0.29, 0.717) is 5.92 Å². The summed E-state index contributed by atoms with van der Waals surface area (Å²) in [5.74, 6) is 3.86. The normalized spacial score (nSPS) is 43.9. The quantitative estimate of drug-likeness (QED) is 0.563. The molecule has 0 radical (unpaired) electrons. The first-order chi connectivity index (χ1) is 7.37. The van der Waals surface area contributed by atoms with Crippen LogP contribution >= 0.6 is 0 Å². The van der Waals surface area contributed by atoms with Gasteiger partial charge in [0.05, 0.1) is 0 Å². The van der Waals surface area contributed by atoms with Gasteiger partial charge in [0.2, 0.25) is 0 Å². The molecule has 0 nitrogen and oxygen atoms in total. The zero-order valence-electron chi connectivity index (χ0n) is 11.4. The first-order valence-electron chi connectivity index (χ1n) is 6.54. The van der Waals surface area contributed by atoms with Gasteiger partial charge in [-0.3, -0.25) is 0 Å². The van der Waals surface area contributed by atoms with E-state index in [1.807, 2.05) is 0 Å². The van der Waals surface area contributed by atoms with Crippen molar-refractivity contribution in [3.05, 3.63) is 20.6 Å². The molecule has 0 heterocycles. The van der Waals surface area contributed by atoms with Crippen molar-refractivity contribution in [2.45, 2.75) is 41.5 Å². The Morgan fingerprint density at radius 2 is 1.38 bits per heavy atom. The van der Waals surface area contributed by atoms with Gasteiger partial charge < -0.3 is 0 Å². The Morgan fingerprint density at radius 1 is 0.875 bits per heavy atom. The molecule has 0 saturated heterocycles. The summed E-state index contributed by atoms with van der Waals surface area (Å²) >= 11 is 2.33. The molecule has 2 aliphatic rings. The summed E-state index contributed by atoms with van der Waals surface area (Å²) in [4.78, 5) is 0. The Morgan fingerprint density at radius 3 is 1.94 bits per heavy atom. The summed E-state index contributed by atoms with van der Waals surface area (Å²) in [6, 6.07) is 0. The number of allylic oxidation sites excluding steroid dienone is 4. The minimum absolute atomic E-state index is 0.697. The van der Waals surface area contributed by atoms with E-state index >= 15 is 0 Å². The topological polar surface area (TPSA) is 0 Å². The van der Waals surface area contributed by atoms with Gasteiger partial charge >= 0.3 is 112 Å². The van der Waals surface area contributed by atoms with Gasteiger partial charge in [-0.1, -0.05) is 0 Å². The molecule has 0 N–H and O–H groups in total. The number of rotatable bonds is 0. The van der Waals surface area contributed by atoms with Crippen LogP contribution < -0.4 is 0 Å². The van der Waals surface area contributed by atoms with Crippen LogP contribution in [0.1, 0.15) is 41.5 Å². The molecule has 0 fully saturated rings. The van der Waals surface area contributed by atoms with Crippen molar-refractivity contribution >= 4 is 0 Å². The van der Waals surface area contributed by atoms with Crippen LogP contribution in [-0.4, -0.2) is 0 Å².